The molecule has 2 heterocycles. The minimum atomic E-state index is 0.551. The van der Waals surface area contributed by atoms with E-state index in [0.29, 0.717) is 5.88 Å². The van der Waals surface area contributed by atoms with E-state index in [4.69, 9.17) is 11.6 Å². The van der Waals surface area contributed by atoms with Crippen LogP contribution in [-0.4, -0.2) is 25.9 Å². The molecule has 0 saturated carbocycles. The molecule has 0 radical (unpaired) electrons. The van der Waals surface area contributed by atoms with Crippen molar-refractivity contribution in [1.29, 1.82) is 0 Å². The fourth-order valence-corrected chi connectivity index (χ4v) is 2.12. The molecule has 0 aliphatic rings. The van der Waals surface area contributed by atoms with Gasteiger partial charge in [0.2, 0.25) is 0 Å². The summed E-state index contributed by atoms with van der Waals surface area (Å²) in [7, 11) is 0. The van der Waals surface area contributed by atoms with E-state index >= 15 is 0 Å². The van der Waals surface area contributed by atoms with Gasteiger partial charge in [0.25, 0.3) is 0 Å². The van der Waals surface area contributed by atoms with E-state index in [1.54, 1.807) is 10.9 Å². The topological polar surface area (TPSA) is 43.6 Å². The Balaban J connectivity index is 2.12. The quantitative estimate of drug-likeness (QED) is 0.678. The van der Waals surface area contributed by atoms with Crippen molar-refractivity contribution in [3.05, 3.63) is 48.5 Å². The van der Waals surface area contributed by atoms with Gasteiger partial charge in [0.1, 0.15) is 0 Å². The summed E-state index contributed by atoms with van der Waals surface area (Å²) in [5.41, 5.74) is 1.87. The minimum absolute atomic E-state index is 0.551. The third-order valence-electron chi connectivity index (χ3n) is 2.80. The summed E-state index contributed by atoms with van der Waals surface area (Å²) in [6.07, 6.45) is 6.26. The Bertz CT molecular complexity index is 672. The van der Waals surface area contributed by atoms with Crippen LogP contribution in [0, 0.1) is 0 Å². The van der Waals surface area contributed by atoms with Crippen LogP contribution in [0.1, 0.15) is 5.69 Å². The number of alkyl halides is 1. The summed E-state index contributed by atoms with van der Waals surface area (Å²) in [5.74, 6) is 0.551. The third-order valence-corrected chi connectivity index (χ3v) is 2.99. The maximum Gasteiger partial charge on any atom is 0.0843 e. The van der Waals surface area contributed by atoms with Gasteiger partial charge in [-0.15, -0.1) is 16.7 Å². The van der Waals surface area contributed by atoms with Crippen molar-refractivity contribution in [1.82, 2.24) is 20.0 Å². The molecule has 0 bridgehead atoms. The second kappa shape index (κ2) is 4.74. The lowest BCUT2D eigenvalue weighted by Crippen LogP contribution is -1.96. The van der Waals surface area contributed by atoms with Gasteiger partial charge in [-0.3, -0.25) is 4.98 Å². The number of hydrogen-bond donors (Lipinski definition) is 0. The van der Waals surface area contributed by atoms with Gasteiger partial charge in [-0.25, -0.2) is 4.68 Å². The zero-order chi connectivity index (χ0) is 12.4. The molecule has 0 fully saturated rings. The summed E-state index contributed by atoms with van der Waals surface area (Å²) in [5, 5.41) is 10.4. The smallest absolute Gasteiger partial charge is 0.0843 e. The first-order chi connectivity index (χ1) is 8.88. The van der Waals surface area contributed by atoms with Crippen molar-refractivity contribution in [2.24, 2.45) is 0 Å². The van der Waals surface area contributed by atoms with Gasteiger partial charge in [-0.2, -0.15) is 0 Å². The highest BCUT2D eigenvalue weighted by Crippen LogP contribution is 2.20. The predicted octanol–water partition coefficient (Wildman–Crippen LogP) is 2.60. The fourth-order valence-electron chi connectivity index (χ4n) is 1.92. The van der Waals surface area contributed by atoms with Crippen LogP contribution in [0.2, 0.25) is 0 Å². The second-order valence-corrected chi connectivity index (χ2v) is 4.35. The number of hydrogen-bond acceptors (Lipinski definition) is 3. The fraction of sp³-hybridized carbons (Fsp3) is 0.154. The molecule has 0 saturated heterocycles. The summed E-state index contributed by atoms with van der Waals surface area (Å²) in [6.45, 7) is 0. The summed E-state index contributed by atoms with van der Waals surface area (Å²) < 4.78 is 1.77. The molecule has 5 heteroatoms. The van der Waals surface area contributed by atoms with Crippen LogP contribution < -0.4 is 0 Å². The van der Waals surface area contributed by atoms with Crippen LogP contribution in [-0.2, 0) is 6.42 Å². The lowest BCUT2D eigenvalue weighted by atomic mass is 10.1. The molecule has 0 atom stereocenters. The van der Waals surface area contributed by atoms with E-state index in [9.17, 15) is 0 Å². The van der Waals surface area contributed by atoms with E-state index in [1.165, 1.54) is 0 Å². The molecule has 0 amide bonds. The first kappa shape index (κ1) is 11.2. The maximum absolute atomic E-state index is 5.70. The molecule has 1 aromatic carbocycles. The molecule has 0 N–H and O–H groups in total. The summed E-state index contributed by atoms with van der Waals surface area (Å²) >= 11 is 5.70. The van der Waals surface area contributed by atoms with Gasteiger partial charge in [0, 0.05) is 30.1 Å². The largest absolute Gasteiger partial charge is 0.264 e. The second-order valence-electron chi connectivity index (χ2n) is 3.97. The van der Waals surface area contributed by atoms with Crippen LogP contribution in [0.4, 0.5) is 0 Å². The molecule has 3 aromatic rings. The lowest BCUT2D eigenvalue weighted by Gasteiger charge is -2.04. The number of aromatic nitrogens is 4. The standard InChI is InChI=1S/C13H11ClN4/c14-6-4-11-9-18(17-16-11)13-3-1-2-10-5-7-15-8-12(10)13/h1-3,5,7-9H,4,6H2. The Morgan fingerprint density at radius 2 is 2.17 bits per heavy atom. The van der Waals surface area contributed by atoms with Crippen molar-refractivity contribution in [2.45, 2.75) is 6.42 Å². The SMILES string of the molecule is ClCCc1cn(-c2cccc3ccncc23)nn1. The van der Waals surface area contributed by atoms with E-state index < -0.39 is 0 Å². The molecule has 0 aliphatic carbocycles. The average Bonchev–Trinajstić information content (AvgIpc) is 2.87. The Morgan fingerprint density at radius 3 is 3.06 bits per heavy atom. The Morgan fingerprint density at radius 1 is 1.22 bits per heavy atom. The first-order valence-electron chi connectivity index (χ1n) is 5.69. The van der Waals surface area contributed by atoms with E-state index in [-0.39, 0.29) is 0 Å². The van der Waals surface area contributed by atoms with E-state index in [0.717, 1.165) is 28.6 Å². The average molecular weight is 259 g/mol. The molecule has 0 aliphatic heterocycles. The van der Waals surface area contributed by atoms with E-state index in [2.05, 4.69) is 21.4 Å². The van der Waals surface area contributed by atoms with E-state index in [1.807, 2.05) is 30.6 Å². The number of benzene rings is 1. The highest BCUT2D eigenvalue weighted by atomic mass is 35.5. The third kappa shape index (κ3) is 1.95. The molecule has 0 spiro atoms. The number of pyridine rings is 1. The van der Waals surface area contributed by atoms with Crippen LogP contribution in [0.3, 0.4) is 0 Å². The number of rotatable bonds is 3. The Kier molecular flexibility index (Phi) is 2.94. The molecule has 3 rings (SSSR count). The van der Waals surface area contributed by atoms with Crippen molar-refractivity contribution >= 4 is 22.4 Å². The van der Waals surface area contributed by atoms with Gasteiger partial charge >= 0.3 is 0 Å². The summed E-state index contributed by atoms with van der Waals surface area (Å²) in [6, 6.07) is 8.04. The van der Waals surface area contributed by atoms with Gasteiger partial charge < -0.3 is 0 Å². The van der Waals surface area contributed by atoms with Crippen molar-refractivity contribution in [2.75, 3.05) is 5.88 Å². The molecular formula is C13H11ClN4. The molecule has 0 unspecified atom stereocenters. The molecule has 90 valence electrons. The van der Waals surface area contributed by atoms with Crippen molar-refractivity contribution in [3.63, 3.8) is 0 Å². The maximum atomic E-state index is 5.70. The zero-order valence-corrected chi connectivity index (χ0v) is 10.4. The number of aryl methyl sites for hydroxylation is 1. The molecular weight excluding hydrogens is 248 g/mol. The predicted molar refractivity (Wildman–Crippen MR) is 71.1 cm³/mol. The van der Waals surface area contributed by atoms with Crippen LogP contribution in [0.15, 0.2) is 42.9 Å². The van der Waals surface area contributed by atoms with Crippen molar-refractivity contribution < 1.29 is 0 Å². The Labute approximate surface area is 109 Å². The van der Waals surface area contributed by atoms with Crippen molar-refractivity contribution in [3.8, 4) is 5.69 Å². The van der Waals surface area contributed by atoms with Crippen LogP contribution in [0.5, 0.6) is 0 Å². The highest BCUT2D eigenvalue weighted by Gasteiger charge is 2.06. The van der Waals surface area contributed by atoms with Gasteiger partial charge in [-0.05, 0) is 17.5 Å². The molecule has 2 aromatic heterocycles. The molecule has 4 nitrogen and oxygen atoms in total. The highest BCUT2D eigenvalue weighted by molar-refractivity contribution is 6.17. The number of nitrogens with zero attached hydrogens (tertiary/aromatic N) is 4. The molecule has 18 heavy (non-hydrogen) atoms. The normalized spacial score (nSPS) is 10.9. The van der Waals surface area contributed by atoms with Gasteiger partial charge in [-0.1, -0.05) is 17.3 Å². The van der Waals surface area contributed by atoms with Crippen LogP contribution >= 0.6 is 11.6 Å². The van der Waals surface area contributed by atoms with Crippen LogP contribution in [0.25, 0.3) is 16.5 Å². The zero-order valence-electron chi connectivity index (χ0n) is 9.62. The Hall–Kier alpha value is -1.94. The lowest BCUT2D eigenvalue weighted by molar-refractivity contribution is 0.802. The monoisotopic (exact) mass is 258 g/mol. The number of fused-ring (bicyclic) bond motifs is 1. The summed E-state index contributed by atoms with van der Waals surface area (Å²) in [4.78, 5) is 4.16. The van der Waals surface area contributed by atoms with Gasteiger partial charge in [0.05, 0.1) is 17.6 Å². The number of halogens is 1. The first-order valence-corrected chi connectivity index (χ1v) is 6.22. The minimum Gasteiger partial charge on any atom is -0.264 e. The van der Waals surface area contributed by atoms with Gasteiger partial charge in [0.15, 0.2) is 0 Å².